The van der Waals surface area contributed by atoms with Crippen molar-refractivity contribution in [2.24, 2.45) is 0 Å². The number of anilines is 1. The number of fused-ring (bicyclic) bond motifs is 1. The van der Waals surface area contributed by atoms with Crippen LogP contribution in [0, 0.1) is 15.5 Å². The predicted molar refractivity (Wildman–Crippen MR) is 94.3 cm³/mol. The van der Waals surface area contributed by atoms with Crippen molar-refractivity contribution in [1.82, 2.24) is 0 Å². The third-order valence-electron chi connectivity index (χ3n) is 3.64. The van der Waals surface area contributed by atoms with Crippen LogP contribution in [0.5, 0.6) is 5.75 Å². The fourth-order valence-corrected chi connectivity index (χ4v) is 2.44. The zero-order chi connectivity index (χ0) is 18.7. The van der Waals surface area contributed by atoms with E-state index in [9.17, 15) is 14.9 Å². The molecule has 1 heterocycles. The van der Waals surface area contributed by atoms with E-state index in [1.165, 1.54) is 24.3 Å². The summed E-state index contributed by atoms with van der Waals surface area (Å²) in [6.07, 6.45) is 0. The normalized spacial score (nSPS) is 10.5. The molecule has 0 aliphatic rings. The molecule has 0 aliphatic heterocycles. The molecule has 0 bridgehead atoms. The molecule has 0 fully saturated rings. The standard InChI is InChI=1S/C18H15N3O5/c1-2-25-15-5-3-4-11-10-14(17(19)26-16(11)15)18(22)20-12-6-8-13(9-7-12)21(23)24/h3-10,19H,2H2,1H3,(H,20,22). The summed E-state index contributed by atoms with van der Waals surface area (Å²) in [7, 11) is 0. The van der Waals surface area contributed by atoms with Crippen molar-refractivity contribution in [1.29, 1.82) is 5.41 Å². The summed E-state index contributed by atoms with van der Waals surface area (Å²) in [5, 5.41) is 21.9. The number of benzene rings is 2. The summed E-state index contributed by atoms with van der Waals surface area (Å²) in [4.78, 5) is 22.6. The molecule has 0 radical (unpaired) electrons. The van der Waals surface area contributed by atoms with Crippen molar-refractivity contribution in [2.45, 2.75) is 6.92 Å². The smallest absolute Gasteiger partial charge is 0.269 e. The highest BCUT2D eigenvalue weighted by molar-refractivity contribution is 6.05. The fourth-order valence-electron chi connectivity index (χ4n) is 2.44. The molecule has 2 aromatic carbocycles. The number of non-ortho nitro benzene ring substituents is 1. The average molecular weight is 353 g/mol. The van der Waals surface area contributed by atoms with Crippen LogP contribution in [0.25, 0.3) is 11.0 Å². The monoisotopic (exact) mass is 353 g/mol. The molecule has 0 saturated carbocycles. The van der Waals surface area contributed by atoms with Crippen LogP contribution in [0.4, 0.5) is 11.4 Å². The summed E-state index contributed by atoms with van der Waals surface area (Å²) in [5.41, 5.74) is 0.441. The van der Waals surface area contributed by atoms with Gasteiger partial charge >= 0.3 is 0 Å². The molecule has 2 N–H and O–H groups in total. The largest absolute Gasteiger partial charge is 0.490 e. The Hall–Kier alpha value is -3.68. The number of rotatable bonds is 5. The first kappa shape index (κ1) is 17.2. The molecule has 1 amide bonds. The molecule has 0 spiro atoms. The molecule has 0 atom stereocenters. The Kier molecular flexibility index (Phi) is 4.66. The van der Waals surface area contributed by atoms with E-state index in [1.54, 1.807) is 24.3 Å². The van der Waals surface area contributed by atoms with Gasteiger partial charge in [0.05, 0.1) is 11.5 Å². The zero-order valence-corrected chi connectivity index (χ0v) is 13.8. The molecule has 0 unspecified atom stereocenters. The van der Waals surface area contributed by atoms with Crippen molar-refractivity contribution in [3.05, 3.63) is 69.8 Å². The van der Waals surface area contributed by atoms with Gasteiger partial charge in [0.25, 0.3) is 11.6 Å². The summed E-state index contributed by atoms with van der Waals surface area (Å²) in [6.45, 7) is 2.29. The molecule has 8 heteroatoms. The van der Waals surface area contributed by atoms with Crippen LogP contribution in [0.1, 0.15) is 17.3 Å². The first-order chi connectivity index (χ1) is 12.5. The van der Waals surface area contributed by atoms with Gasteiger partial charge in [-0.05, 0) is 31.2 Å². The van der Waals surface area contributed by atoms with Crippen molar-refractivity contribution in [2.75, 3.05) is 11.9 Å². The minimum atomic E-state index is -0.545. The third-order valence-corrected chi connectivity index (χ3v) is 3.64. The Morgan fingerprint density at radius 2 is 2.00 bits per heavy atom. The summed E-state index contributed by atoms with van der Waals surface area (Å²) < 4.78 is 10.9. The van der Waals surface area contributed by atoms with E-state index in [2.05, 4.69) is 5.32 Å². The lowest BCUT2D eigenvalue weighted by molar-refractivity contribution is -0.384. The molecule has 3 rings (SSSR count). The Morgan fingerprint density at radius 3 is 2.65 bits per heavy atom. The first-order valence-corrected chi connectivity index (χ1v) is 7.79. The van der Waals surface area contributed by atoms with Crippen LogP contribution >= 0.6 is 0 Å². The van der Waals surface area contributed by atoms with E-state index >= 15 is 0 Å². The van der Waals surface area contributed by atoms with E-state index in [0.717, 1.165) is 0 Å². The average Bonchev–Trinajstić information content (AvgIpc) is 2.62. The second kappa shape index (κ2) is 7.06. The molecule has 0 aliphatic carbocycles. The van der Waals surface area contributed by atoms with Gasteiger partial charge in [-0.15, -0.1) is 0 Å². The summed E-state index contributed by atoms with van der Waals surface area (Å²) in [5.74, 6) is -0.0443. The van der Waals surface area contributed by atoms with Gasteiger partial charge in [-0.1, -0.05) is 12.1 Å². The highest BCUT2D eigenvalue weighted by Crippen LogP contribution is 2.25. The highest BCUT2D eigenvalue weighted by Gasteiger charge is 2.14. The molecule has 132 valence electrons. The van der Waals surface area contributed by atoms with E-state index in [0.29, 0.717) is 29.0 Å². The summed E-state index contributed by atoms with van der Waals surface area (Å²) in [6, 6.07) is 12.2. The lowest BCUT2D eigenvalue weighted by Crippen LogP contribution is -2.20. The van der Waals surface area contributed by atoms with E-state index in [-0.39, 0.29) is 16.8 Å². The van der Waals surface area contributed by atoms with Gasteiger partial charge in [0.2, 0.25) is 5.55 Å². The molecule has 8 nitrogen and oxygen atoms in total. The van der Waals surface area contributed by atoms with Crippen LogP contribution in [0.2, 0.25) is 0 Å². The number of para-hydroxylation sites is 1. The van der Waals surface area contributed by atoms with Crippen LogP contribution in [-0.4, -0.2) is 17.4 Å². The van der Waals surface area contributed by atoms with Crippen LogP contribution in [-0.2, 0) is 0 Å². The first-order valence-electron chi connectivity index (χ1n) is 7.79. The van der Waals surface area contributed by atoms with E-state index in [1.807, 2.05) is 6.92 Å². The summed E-state index contributed by atoms with van der Waals surface area (Å²) >= 11 is 0. The number of nitrogens with zero attached hydrogens (tertiary/aromatic N) is 1. The van der Waals surface area contributed by atoms with E-state index in [4.69, 9.17) is 14.6 Å². The number of hydrogen-bond acceptors (Lipinski definition) is 6. The fraction of sp³-hybridized carbons (Fsp3) is 0.111. The maximum atomic E-state index is 12.5. The second-order valence-electron chi connectivity index (χ2n) is 5.35. The number of nitrogens with one attached hydrogen (secondary N) is 2. The Labute approximate surface area is 147 Å². The maximum Gasteiger partial charge on any atom is 0.269 e. The molecule has 1 aromatic heterocycles. The highest BCUT2D eigenvalue weighted by atomic mass is 16.6. The number of carbonyl (C=O) groups excluding carboxylic acids is 1. The quantitative estimate of drug-likeness (QED) is 0.538. The van der Waals surface area contributed by atoms with Gasteiger partial charge in [-0.2, -0.15) is 0 Å². The molecular formula is C18H15N3O5. The second-order valence-corrected chi connectivity index (χ2v) is 5.35. The molecule has 3 aromatic rings. The topological polar surface area (TPSA) is 118 Å². The van der Waals surface area contributed by atoms with Gasteiger partial charge in [0.1, 0.15) is 5.56 Å². The van der Waals surface area contributed by atoms with Crippen molar-refractivity contribution >= 4 is 28.3 Å². The molecule has 0 saturated heterocycles. The number of nitro benzene ring substituents is 1. The Morgan fingerprint density at radius 1 is 1.27 bits per heavy atom. The number of carbonyl (C=O) groups is 1. The van der Waals surface area contributed by atoms with Crippen LogP contribution in [0.3, 0.4) is 0 Å². The minimum absolute atomic E-state index is 0.0458. The lowest BCUT2D eigenvalue weighted by Gasteiger charge is -2.09. The van der Waals surface area contributed by atoms with E-state index < -0.39 is 10.8 Å². The van der Waals surface area contributed by atoms with Gasteiger partial charge in [-0.3, -0.25) is 20.3 Å². The van der Waals surface area contributed by atoms with Gasteiger partial charge in [0, 0.05) is 23.2 Å². The number of ether oxygens (including phenoxy) is 1. The van der Waals surface area contributed by atoms with Gasteiger partial charge in [-0.25, -0.2) is 0 Å². The number of amides is 1. The minimum Gasteiger partial charge on any atom is -0.490 e. The number of hydrogen-bond donors (Lipinski definition) is 2. The third kappa shape index (κ3) is 3.39. The van der Waals surface area contributed by atoms with Crippen LogP contribution < -0.4 is 15.6 Å². The number of nitro groups is 1. The SMILES string of the molecule is CCOc1cccc2cc(C(=O)Nc3ccc([N+](=O)[O-])cc3)c(=N)oc12. The van der Waals surface area contributed by atoms with Gasteiger partial charge in [0.15, 0.2) is 11.3 Å². The Bertz CT molecular complexity index is 1040. The van der Waals surface area contributed by atoms with Gasteiger partial charge < -0.3 is 14.5 Å². The van der Waals surface area contributed by atoms with Crippen molar-refractivity contribution in [3.8, 4) is 5.75 Å². The van der Waals surface area contributed by atoms with Crippen molar-refractivity contribution < 1.29 is 18.9 Å². The zero-order valence-electron chi connectivity index (χ0n) is 13.8. The molecular weight excluding hydrogens is 338 g/mol. The van der Waals surface area contributed by atoms with Crippen molar-refractivity contribution in [3.63, 3.8) is 0 Å². The Balaban J connectivity index is 1.92. The lowest BCUT2D eigenvalue weighted by atomic mass is 10.1. The predicted octanol–water partition coefficient (Wildman–Crippen LogP) is 3.47. The molecule has 26 heavy (non-hydrogen) atoms. The maximum absolute atomic E-state index is 12.5. The van der Waals surface area contributed by atoms with Crippen LogP contribution in [0.15, 0.2) is 52.9 Å².